The second kappa shape index (κ2) is 9.58. The van der Waals surface area contributed by atoms with Gasteiger partial charge in [-0.25, -0.2) is 4.79 Å². The Morgan fingerprint density at radius 2 is 2.09 bits per heavy atom. The van der Waals surface area contributed by atoms with Gasteiger partial charge in [-0.3, -0.25) is 4.79 Å². The summed E-state index contributed by atoms with van der Waals surface area (Å²) in [6, 6.07) is 6.65. The SMILES string of the molecule is C=Cc1ccccc1COC(=O)[C@@H](NC(C)=O)C(=C)CCCN. The largest absolute Gasteiger partial charge is 0.459 e. The molecule has 0 spiro atoms. The maximum absolute atomic E-state index is 12.3. The van der Waals surface area contributed by atoms with Crippen LogP contribution < -0.4 is 11.1 Å². The molecule has 5 nitrogen and oxygen atoms in total. The Kier molecular flexibility index (Phi) is 7.77. The minimum absolute atomic E-state index is 0.112. The first-order valence-electron chi connectivity index (χ1n) is 7.51. The predicted octanol–water partition coefficient (Wildman–Crippen LogP) is 2.17. The lowest BCUT2D eigenvalue weighted by molar-refractivity contribution is -0.147. The van der Waals surface area contributed by atoms with Crippen LogP contribution in [0.4, 0.5) is 0 Å². The maximum Gasteiger partial charge on any atom is 0.333 e. The van der Waals surface area contributed by atoms with Gasteiger partial charge in [0, 0.05) is 6.92 Å². The minimum atomic E-state index is -0.852. The number of carbonyl (C=O) groups excluding carboxylic acids is 2. The maximum atomic E-state index is 12.3. The lowest BCUT2D eigenvalue weighted by Gasteiger charge is -2.19. The Labute approximate surface area is 137 Å². The molecular weight excluding hydrogens is 292 g/mol. The van der Waals surface area contributed by atoms with Crippen molar-refractivity contribution in [1.82, 2.24) is 5.32 Å². The summed E-state index contributed by atoms with van der Waals surface area (Å²) in [6.07, 6.45) is 2.95. The average Bonchev–Trinajstić information content (AvgIpc) is 2.55. The van der Waals surface area contributed by atoms with Crippen LogP contribution in [0.25, 0.3) is 6.08 Å². The molecule has 0 saturated carbocycles. The number of rotatable bonds is 9. The number of amides is 1. The van der Waals surface area contributed by atoms with E-state index >= 15 is 0 Å². The second-order valence-corrected chi connectivity index (χ2v) is 5.19. The fraction of sp³-hybridized carbons (Fsp3) is 0.333. The molecule has 1 aromatic carbocycles. The van der Waals surface area contributed by atoms with Gasteiger partial charge in [-0.05, 0) is 36.1 Å². The van der Waals surface area contributed by atoms with Crippen molar-refractivity contribution >= 4 is 18.0 Å². The monoisotopic (exact) mass is 316 g/mol. The smallest absolute Gasteiger partial charge is 0.333 e. The van der Waals surface area contributed by atoms with E-state index in [4.69, 9.17) is 10.5 Å². The first kappa shape index (κ1) is 18.6. The minimum Gasteiger partial charge on any atom is -0.459 e. The highest BCUT2D eigenvalue weighted by Gasteiger charge is 2.24. The molecule has 0 aromatic heterocycles. The molecule has 23 heavy (non-hydrogen) atoms. The van der Waals surface area contributed by atoms with Crippen molar-refractivity contribution in [2.75, 3.05) is 6.54 Å². The van der Waals surface area contributed by atoms with Gasteiger partial charge >= 0.3 is 5.97 Å². The van der Waals surface area contributed by atoms with E-state index in [1.54, 1.807) is 6.08 Å². The van der Waals surface area contributed by atoms with Crippen molar-refractivity contribution in [2.24, 2.45) is 5.73 Å². The van der Waals surface area contributed by atoms with Crippen molar-refractivity contribution in [3.8, 4) is 0 Å². The van der Waals surface area contributed by atoms with Crippen molar-refractivity contribution in [3.05, 3.63) is 54.1 Å². The molecule has 0 bridgehead atoms. The molecule has 3 N–H and O–H groups in total. The molecule has 0 aliphatic carbocycles. The van der Waals surface area contributed by atoms with E-state index in [1.165, 1.54) is 6.92 Å². The highest BCUT2D eigenvalue weighted by Crippen LogP contribution is 2.14. The van der Waals surface area contributed by atoms with E-state index in [9.17, 15) is 9.59 Å². The zero-order chi connectivity index (χ0) is 17.2. The molecule has 0 heterocycles. The van der Waals surface area contributed by atoms with Gasteiger partial charge in [0.1, 0.15) is 12.6 Å². The molecule has 0 unspecified atom stereocenters. The van der Waals surface area contributed by atoms with Gasteiger partial charge in [-0.15, -0.1) is 0 Å². The highest BCUT2D eigenvalue weighted by molar-refractivity contribution is 5.85. The summed E-state index contributed by atoms with van der Waals surface area (Å²) < 4.78 is 5.34. The molecule has 1 atom stereocenters. The van der Waals surface area contributed by atoms with Crippen molar-refractivity contribution in [3.63, 3.8) is 0 Å². The quantitative estimate of drug-likeness (QED) is 0.540. The van der Waals surface area contributed by atoms with E-state index in [0.29, 0.717) is 25.0 Å². The molecule has 0 radical (unpaired) electrons. The Hall–Kier alpha value is -2.40. The van der Waals surface area contributed by atoms with Crippen LogP contribution in [0.3, 0.4) is 0 Å². The van der Waals surface area contributed by atoms with E-state index in [0.717, 1.165) is 11.1 Å². The van der Waals surface area contributed by atoms with E-state index in [2.05, 4.69) is 18.5 Å². The zero-order valence-electron chi connectivity index (χ0n) is 13.5. The fourth-order valence-electron chi connectivity index (χ4n) is 2.10. The van der Waals surface area contributed by atoms with Gasteiger partial charge in [0.2, 0.25) is 5.91 Å². The summed E-state index contributed by atoms with van der Waals surface area (Å²) >= 11 is 0. The van der Waals surface area contributed by atoms with Crippen LogP contribution in [-0.4, -0.2) is 24.5 Å². The Bertz CT molecular complexity index is 581. The van der Waals surface area contributed by atoms with Gasteiger partial charge in [0.25, 0.3) is 0 Å². The zero-order valence-corrected chi connectivity index (χ0v) is 13.5. The van der Waals surface area contributed by atoms with E-state index in [1.807, 2.05) is 24.3 Å². The Morgan fingerprint density at radius 1 is 1.39 bits per heavy atom. The lowest BCUT2D eigenvalue weighted by atomic mass is 10.0. The number of esters is 1. The summed E-state index contributed by atoms with van der Waals surface area (Å²) in [5, 5.41) is 2.58. The average molecular weight is 316 g/mol. The number of hydrogen-bond donors (Lipinski definition) is 2. The summed E-state index contributed by atoms with van der Waals surface area (Å²) in [7, 11) is 0. The van der Waals surface area contributed by atoms with Gasteiger partial charge in [-0.1, -0.05) is 43.5 Å². The third kappa shape index (κ3) is 6.08. The normalized spacial score (nSPS) is 11.4. The molecule has 0 aliphatic heterocycles. The van der Waals surface area contributed by atoms with Crippen LogP contribution in [0.2, 0.25) is 0 Å². The number of nitrogens with one attached hydrogen (secondary N) is 1. The standard InChI is InChI=1S/C18H24N2O3/c1-4-15-9-5-6-10-16(15)12-23-18(22)17(20-14(3)21)13(2)8-7-11-19/h4-6,9-10,17H,1-2,7-8,11-12,19H2,3H3,(H,20,21)/t17-/m0/s1. The molecule has 0 fully saturated rings. The molecular formula is C18H24N2O3. The van der Waals surface area contributed by atoms with E-state index < -0.39 is 12.0 Å². The van der Waals surface area contributed by atoms with Crippen LogP contribution in [0.15, 0.2) is 43.0 Å². The van der Waals surface area contributed by atoms with E-state index in [-0.39, 0.29) is 12.5 Å². The first-order valence-corrected chi connectivity index (χ1v) is 7.51. The Balaban J connectivity index is 2.74. The number of hydrogen-bond acceptors (Lipinski definition) is 4. The van der Waals surface area contributed by atoms with Crippen molar-refractivity contribution in [1.29, 1.82) is 0 Å². The fourth-order valence-corrected chi connectivity index (χ4v) is 2.10. The summed E-state index contributed by atoms with van der Waals surface area (Å²) in [5.41, 5.74) is 7.81. The van der Waals surface area contributed by atoms with Gasteiger partial charge in [0.05, 0.1) is 0 Å². The molecule has 1 amide bonds. The predicted molar refractivity (Wildman–Crippen MR) is 91.4 cm³/mol. The first-order chi connectivity index (χ1) is 11.0. The summed E-state index contributed by atoms with van der Waals surface area (Å²) in [4.78, 5) is 23.6. The third-order valence-electron chi connectivity index (χ3n) is 3.34. The third-order valence-corrected chi connectivity index (χ3v) is 3.34. The van der Waals surface area contributed by atoms with Crippen molar-refractivity contribution in [2.45, 2.75) is 32.4 Å². The topological polar surface area (TPSA) is 81.4 Å². The molecule has 0 saturated heterocycles. The summed E-state index contributed by atoms with van der Waals surface area (Å²) in [5.74, 6) is -0.839. The van der Waals surface area contributed by atoms with Crippen LogP contribution in [0.1, 0.15) is 30.9 Å². The number of benzene rings is 1. The lowest BCUT2D eigenvalue weighted by Crippen LogP contribution is -2.42. The Morgan fingerprint density at radius 3 is 2.70 bits per heavy atom. The molecule has 1 rings (SSSR count). The molecule has 0 aliphatic rings. The van der Waals surface area contributed by atoms with Crippen molar-refractivity contribution < 1.29 is 14.3 Å². The summed E-state index contributed by atoms with van der Waals surface area (Å²) in [6.45, 7) is 9.56. The highest BCUT2D eigenvalue weighted by atomic mass is 16.5. The number of carbonyl (C=O) groups is 2. The van der Waals surface area contributed by atoms with Crippen LogP contribution in [-0.2, 0) is 20.9 Å². The van der Waals surface area contributed by atoms with Gasteiger partial charge in [-0.2, -0.15) is 0 Å². The van der Waals surface area contributed by atoms with Gasteiger partial charge in [0.15, 0.2) is 0 Å². The van der Waals surface area contributed by atoms with Crippen LogP contribution in [0.5, 0.6) is 0 Å². The molecule has 124 valence electrons. The number of ether oxygens (including phenoxy) is 1. The molecule has 5 heteroatoms. The van der Waals surface area contributed by atoms with Gasteiger partial charge < -0.3 is 15.8 Å². The molecule has 1 aromatic rings. The van der Waals surface area contributed by atoms with Crippen LogP contribution in [0, 0.1) is 0 Å². The second-order valence-electron chi connectivity index (χ2n) is 5.19. The van der Waals surface area contributed by atoms with Crippen LogP contribution >= 0.6 is 0 Å². The number of nitrogens with two attached hydrogens (primary N) is 1.